The summed E-state index contributed by atoms with van der Waals surface area (Å²) in [5.74, 6) is -0.684. The Bertz CT molecular complexity index is 342. The first kappa shape index (κ1) is 11.4. The fraction of sp³-hybridized carbons (Fsp3) is 0.909. The molecule has 0 unspecified atom stereocenters. The molecule has 3 aliphatic heterocycles. The van der Waals surface area contributed by atoms with Crippen molar-refractivity contribution in [3.63, 3.8) is 0 Å². The molecule has 3 aliphatic rings. The second kappa shape index (κ2) is 3.65. The van der Waals surface area contributed by atoms with Gasteiger partial charge in [0, 0.05) is 18.9 Å². The molecule has 0 amide bonds. The van der Waals surface area contributed by atoms with E-state index >= 15 is 0 Å². The van der Waals surface area contributed by atoms with Gasteiger partial charge in [-0.2, -0.15) is 0 Å². The summed E-state index contributed by atoms with van der Waals surface area (Å²) < 4.78 is 16.5. The summed E-state index contributed by atoms with van der Waals surface area (Å²) in [4.78, 5) is 11.9. The van der Waals surface area contributed by atoms with Gasteiger partial charge in [-0.05, 0) is 13.8 Å². The zero-order valence-corrected chi connectivity index (χ0v) is 10.1. The Kier molecular flexibility index (Phi) is 2.45. The first-order valence-electron chi connectivity index (χ1n) is 6.03. The lowest BCUT2D eigenvalue weighted by Gasteiger charge is -2.29. The van der Waals surface area contributed by atoms with Crippen LogP contribution in [0.5, 0.6) is 0 Å². The third kappa shape index (κ3) is 1.67. The monoisotopic (exact) mass is 242 g/mol. The van der Waals surface area contributed by atoms with Crippen molar-refractivity contribution in [1.82, 2.24) is 10.9 Å². The van der Waals surface area contributed by atoms with Crippen molar-refractivity contribution in [3.8, 4) is 0 Å². The highest BCUT2D eigenvalue weighted by molar-refractivity contribution is 5.83. The summed E-state index contributed by atoms with van der Waals surface area (Å²) in [6.45, 7) is 5.47. The van der Waals surface area contributed by atoms with Crippen LogP contribution in [-0.2, 0) is 19.0 Å². The Labute approximate surface area is 99.9 Å². The van der Waals surface area contributed by atoms with Crippen molar-refractivity contribution in [1.29, 1.82) is 0 Å². The van der Waals surface area contributed by atoms with Crippen molar-refractivity contribution in [2.24, 2.45) is 5.92 Å². The Morgan fingerprint density at radius 2 is 2.24 bits per heavy atom. The van der Waals surface area contributed by atoms with E-state index < -0.39 is 11.3 Å². The fourth-order valence-corrected chi connectivity index (χ4v) is 2.93. The highest BCUT2D eigenvalue weighted by Gasteiger charge is 2.58. The van der Waals surface area contributed by atoms with E-state index in [0.717, 1.165) is 0 Å². The molecule has 3 heterocycles. The third-order valence-electron chi connectivity index (χ3n) is 3.84. The summed E-state index contributed by atoms with van der Waals surface area (Å²) in [7, 11) is 0. The molecule has 1 spiro atoms. The summed E-state index contributed by atoms with van der Waals surface area (Å²) >= 11 is 0. The number of hydrogen-bond donors (Lipinski definition) is 2. The lowest BCUT2D eigenvalue weighted by atomic mass is 9.81. The quantitative estimate of drug-likeness (QED) is 0.607. The van der Waals surface area contributed by atoms with Crippen LogP contribution < -0.4 is 10.9 Å². The zero-order valence-electron chi connectivity index (χ0n) is 10.1. The molecule has 3 atom stereocenters. The zero-order chi connectivity index (χ0) is 12.1. The van der Waals surface area contributed by atoms with Gasteiger partial charge >= 0.3 is 5.97 Å². The average molecular weight is 242 g/mol. The number of nitrogens with one attached hydrogen (secondary N) is 2. The van der Waals surface area contributed by atoms with Crippen molar-refractivity contribution in [3.05, 3.63) is 0 Å². The topological polar surface area (TPSA) is 68.8 Å². The molecular weight excluding hydrogens is 224 g/mol. The number of carbonyl (C=O) groups is 1. The Morgan fingerprint density at radius 3 is 2.82 bits per heavy atom. The smallest absolute Gasteiger partial charge is 0.328 e. The maximum atomic E-state index is 11.9. The van der Waals surface area contributed by atoms with Crippen LogP contribution in [0.25, 0.3) is 0 Å². The first-order chi connectivity index (χ1) is 8.04. The lowest BCUT2D eigenvalue weighted by Crippen LogP contribution is -2.54. The molecule has 3 saturated heterocycles. The second-order valence-corrected chi connectivity index (χ2v) is 5.34. The van der Waals surface area contributed by atoms with E-state index in [1.807, 2.05) is 13.8 Å². The number of hydrazine groups is 1. The molecule has 0 bridgehead atoms. The van der Waals surface area contributed by atoms with E-state index in [9.17, 15) is 4.79 Å². The molecule has 6 nitrogen and oxygen atoms in total. The normalized spacial score (nSPS) is 44.5. The van der Waals surface area contributed by atoms with Crippen LogP contribution in [0.1, 0.15) is 20.3 Å². The lowest BCUT2D eigenvalue weighted by molar-refractivity contribution is -0.154. The van der Waals surface area contributed by atoms with Gasteiger partial charge in [-0.25, -0.2) is 10.2 Å². The van der Waals surface area contributed by atoms with Crippen LogP contribution in [-0.4, -0.2) is 43.2 Å². The molecule has 6 heteroatoms. The highest BCUT2D eigenvalue weighted by Crippen LogP contribution is 2.38. The molecule has 0 radical (unpaired) electrons. The van der Waals surface area contributed by atoms with E-state index in [0.29, 0.717) is 26.2 Å². The summed E-state index contributed by atoms with van der Waals surface area (Å²) in [5, 5.41) is 0. The van der Waals surface area contributed by atoms with Crippen LogP contribution >= 0.6 is 0 Å². The van der Waals surface area contributed by atoms with Gasteiger partial charge in [0.1, 0.15) is 5.54 Å². The third-order valence-corrected chi connectivity index (χ3v) is 3.84. The van der Waals surface area contributed by atoms with Gasteiger partial charge in [-0.3, -0.25) is 5.43 Å². The predicted molar refractivity (Wildman–Crippen MR) is 57.8 cm³/mol. The van der Waals surface area contributed by atoms with Gasteiger partial charge in [-0.1, -0.05) is 0 Å². The van der Waals surface area contributed by atoms with E-state index in [1.54, 1.807) is 0 Å². The highest BCUT2D eigenvalue weighted by atomic mass is 16.7. The number of hydrogen-bond acceptors (Lipinski definition) is 6. The standard InChI is InChI=1S/C11H18N2O4/c1-10(2)16-6-8(17-10)7-5-12-13-11(7)3-4-15-9(11)14/h7-8,12-13H,3-6H2,1-2H3/t7-,8+,11+/m0/s1. The van der Waals surface area contributed by atoms with Crippen LogP contribution in [0.4, 0.5) is 0 Å². The number of carbonyl (C=O) groups excluding carboxylic acids is 1. The number of ether oxygens (including phenoxy) is 3. The molecule has 96 valence electrons. The van der Waals surface area contributed by atoms with Gasteiger partial charge < -0.3 is 14.2 Å². The summed E-state index contributed by atoms with van der Waals surface area (Å²) in [6.07, 6.45) is 0.613. The van der Waals surface area contributed by atoms with E-state index in [1.165, 1.54) is 0 Å². The molecule has 2 N–H and O–H groups in total. The Morgan fingerprint density at radius 1 is 1.41 bits per heavy atom. The van der Waals surface area contributed by atoms with E-state index in [2.05, 4.69) is 10.9 Å². The van der Waals surface area contributed by atoms with Crippen LogP contribution in [0.2, 0.25) is 0 Å². The Balaban J connectivity index is 1.81. The van der Waals surface area contributed by atoms with Gasteiger partial charge in [-0.15, -0.1) is 0 Å². The average Bonchev–Trinajstić information content (AvgIpc) is 2.91. The van der Waals surface area contributed by atoms with Crippen LogP contribution in [0, 0.1) is 5.92 Å². The SMILES string of the molecule is CC1(C)OC[C@H]([C@@H]2CNN[C@]23CCOC3=O)O1. The molecule has 0 aromatic rings. The van der Waals surface area contributed by atoms with Crippen LogP contribution in [0.15, 0.2) is 0 Å². The number of cyclic esters (lactones) is 1. The molecule has 0 aromatic carbocycles. The number of esters is 1. The molecule has 3 rings (SSSR count). The minimum Gasteiger partial charge on any atom is -0.464 e. The maximum absolute atomic E-state index is 11.9. The molecule has 0 saturated carbocycles. The van der Waals surface area contributed by atoms with E-state index in [4.69, 9.17) is 14.2 Å². The van der Waals surface area contributed by atoms with Crippen molar-refractivity contribution >= 4 is 5.97 Å². The Hall–Kier alpha value is -0.690. The van der Waals surface area contributed by atoms with Gasteiger partial charge in [0.05, 0.1) is 19.3 Å². The van der Waals surface area contributed by atoms with E-state index in [-0.39, 0.29) is 18.0 Å². The number of rotatable bonds is 1. The minimum absolute atomic E-state index is 0.0549. The van der Waals surface area contributed by atoms with Gasteiger partial charge in [0.15, 0.2) is 5.79 Å². The molecule has 17 heavy (non-hydrogen) atoms. The van der Waals surface area contributed by atoms with Gasteiger partial charge in [0.25, 0.3) is 0 Å². The second-order valence-electron chi connectivity index (χ2n) is 5.34. The molecule has 0 aliphatic carbocycles. The van der Waals surface area contributed by atoms with Crippen molar-refractivity contribution in [2.45, 2.75) is 37.7 Å². The minimum atomic E-state index is -0.631. The van der Waals surface area contributed by atoms with Crippen molar-refractivity contribution in [2.75, 3.05) is 19.8 Å². The summed E-state index contributed by atoms with van der Waals surface area (Å²) in [5.41, 5.74) is 5.50. The first-order valence-corrected chi connectivity index (χ1v) is 6.03. The van der Waals surface area contributed by atoms with Crippen LogP contribution in [0.3, 0.4) is 0 Å². The summed E-state index contributed by atoms with van der Waals surface area (Å²) in [6, 6.07) is 0. The van der Waals surface area contributed by atoms with Gasteiger partial charge in [0.2, 0.25) is 0 Å². The predicted octanol–water partition coefficient (Wildman–Crippen LogP) is -0.452. The largest absolute Gasteiger partial charge is 0.464 e. The molecule has 3 fully saturated rings. The fourth-order valence-electron chi connectivity index (χ4n) is 2.93. The van der Waals surface area contributed by atoms with Crippen molar-refractivity contribution < 1.29 is 19.0 Å². The molecule has 0 aromatic heterocycles. The maximum Gasteiger partial charge on any atom is 0.328 e. The molecular formula is C11H18N2O4.